The maximum absolute atomic E-state index is 17.4. The quantitative estimate of drug-likeness (QED) is 0.0754. The molecule has 7 heteroatoms. The molecule has 0 amide bonds. The monoisotopic (exact) mass is 1100 g/mol. The van der Waals surface area contributed by atoms with E-state index >= 15 is 4.79 Å². The van der Waals surface area contributed by atoms with Crippen LogP contribution in [0.25, 0.3) is 44.3 Å². The summed E-state index contributed by atoms with van der Waals surface area (Å²) in [5, 5.41) is 2.22. The van der Waals surface area contributed by atoms with E-state index in [4.69, 9.17) is 9.97 Å². The number of hydrogen-bond donors (Lipinski definition) is 0. The Morgan fingerprint density at radius 3 is 1.13 bits per heavy atom. The normalized spacial score (nSPS) is 16.3. The molecule has 2 saturated heterocycles. The van der Waals surface area contributed by atoms with Gasteiger partial charge in [0.15, 0.2) is 5.78 Å². The molecule has 4 atom stereocenters. The molecule has 0 spiro atoms. The molecule has 12 rings (SSSR count). The van der Waals surface area contributed by atoms with Crippen molar-refractivity contribution in [1.82, 2.24) is 29.6 Å². The van der Waals surface area contributed by atoms with Crippen LogP contribution in [0.2, 0.25) is 0 Å². The Labute approximate surface area is 498 Å². The van der Waals surface area contributed by atoms with Crippen molar-refractivity contribution in [2.24, 2.45) is 11.8 Å². The molecule has 84 heavy (non-hydrogen) atoms. The molecule has 2 aliphatic heterocycles. The number of Topliss-reactive ketones (excluding diaryl/α,β-unsaturated/α-hetero) is 1. The van der Waals surface area contributed by atoms with E-state index in [0.717, 1.165) is 107 Å². The Morgan fingerprint density at radius 2 is 0.774 bits per heavy atom. The molecule has 2 aromatic heterocycles. The molecule has 0 bridgehead atoms. The Hall–Kier alpha value is -7.91. The summed E-state index contributed by atoms with van der Waals surface area (Å²) in [7, 11) is 0. The summed E-state index contributed by atoms with van der Waals surface area (Å²) in [6, 6.07) is 82.0. The van der Waals surface area contributed by atoms with E-state index in [1.54, 1.807) is 0 Å². The lowest BCUT2D eigenvalue weighted by Gasteiger charge is -2.45. The van der Waals surface area contributed by atoms with E-state index in [2.05, 4.69) is 278 Å². The molecule has 2 aliphatic rings. The van der Waals surface area contributed by atoms with Gasteiger partial charge in [-0.2, -0.15) is 0 Å². The van der Waals surface area contributed by atoms with Crippen LogP contribution in [0.4, 0.5) is 0 Å². The largest absolute Gasteiger partial charge is 0.296 e. The number of aryl methyl sites for hydroxylation is 2. The highest BCUT2D eigenvalue weighted by molar-refractivity contribution is 5.90. The van der Waals surface area contributed by atoms with Crippen LogP contribution < -0.4 is 0 Å². The van der Waals surface area contributed by atoms with Crippen molar-refractivity contribution in [3.63, 3.8) is 0 Å². The molecule has 4 unspecified atom stereocenters. The lowest BCUT2D eigenvalue weighted by molar-refractivity contribution is -0.133. The first-order valence-corrected chi connectivity index (χ1v) is 30.8. The van der Waals surface area contributed by atoms with Gasteiger partial charge in [0.05, 0.1) is 46.6 Å². The second kappa shape index (κ2) is 26.3. The number of likely N-dealkylation sites (tertiary alicyclic amines) is 2. The fourth-order valence-corrected chi connectivity index (χ4v) is 13.4. The molecule has 0 radical (unpaired) electrons. The Bertz CT molecular complexity index is 3510. The third kappa shape index (κ3) is 13.1. The minimum Gasteiger partial charge on any atom is -0.296 e. The summed E-state index contributed by atoms with van der Waals surface area (Å²) in [6.07, 6.45) is 4.20. The summed E-state index contributed by atoms with van der Waals surface area (Å²) in [6.45, 7) is 14.9. The van der Waals surface area contributed by atoms with Gasteiger partial charge in [0.2, 0.25) is 0 Å². The van der Waals surface area contributed by atoms with Gasteiger partial charge < -0.3 is 0 Å². The first-order valence-electron chi connectivity index (χ1n) is 30.8. The number of pyridine rings is 2. The Morgan fingerprint density at radius 1 is 0.440 bits per heavy atom. The SMILES string of the molecule is Cc1ccc2nc(-c3ccccc3)c(C(c3ccccc3)N(Cc3ccccc3)CC(C(=O)C(CN(Cc3ccccc3)C(c3ccccc3)c3cc4cc(C)ccc4nc3-c3ccccc3)N3CCC(C)CC3)N3CCC(C)CC3)cc2c1. The van der Waals surface area contributed by atoms with Crippen molar-refractivity contribution in [2.75, 3.05) is 39.3 Å². The number of piperidine rings is 2. The standard InChI is InChI=1S/C77H80N6O/c1-55-39-43-80(44-40-55)71(53-82(51-59-23-11-5-12-24-59)75(63-31-19-9-20-32-63)67-49-65-47-57(3)35-37-69(65)78-73(67)61-27-15-7-16-28-61)77(84)72(81-45-41-56(2)42-46-81)54-83(52-60-25-13-6-14-26-60)76(64-33-21-10-22-34-64)68-50-66-48-58(4)36-38-70(66)79-74(68)62-29-17-8-18-30-62/h5-38,47-50,55-56,71-72,75-76H,39-46,51-54H2,1-4H3. The molecule has 0 aliphatic carbocycles. The van der Waals surface area contributed by atoms with E-state index in [1.165, 1.54) is 33.4 Å². The van der Waals surface area contributed by atoms with Gasteiger partial charge in [-0.1, -0.05) is 219 Å². The van der Waals surface area contributed by atoms with Crippen molar-refractivity contribution in [3.8, 4) is 22.5 Å². The topological polar surface area (TPSA) is 55.8 Å². The molecule has 424 valence electrons. The highest BCUT2D eigenvalue weighted by Crippen LogP contribution is 2.42. The third-order valence-electron chi connectivity index (χ3n) is 18.1. The Kier molecular flexibility index (Phi) is 17.7. The van der Waals surface area contributed by atoms with Crippen molar-refractivity contribution in [2.45, 2.75) is 90.6 Å². The van der Waals surface area contributed by atoms with Crippen molar-refractivity contribution >= 4 is 27.6 Å². The number of carbonyl (C=O) groups excluding carboxylic acids is 1. The van der Waals surface area contributed by atoms with Gasteiger partial charge in [-0.15, -0.1) is 0 Å². The summed E-state index contributed by atoms with van der Waals surface area (Å²) < 4.78 is 0. The van der Waals surface area contributed by atoms with Crippen LogP contribution in [0.3, 0.4) is 0 Å². The molecule has 2 fully saturated rings. The average Bonchev–Trinajstić information content (AvgIpc) is 3.65. The minimum absolute atomic E-state index is 0.259. The van der Waals surface area contributed by atoms with Crippen LogP contribution in [0.1, 0.15) is 96.1 Å². The van der Waals surface area contributed by atoms with Crippen LogP contribution in [0.5, 0.6) is 0 Å². The van der Waals surface area contributed by atoms with Gasteiger partial charge in [-0.05, 0) is 136 Å². The minimum atomic E-state index is -0.424. The molecule has 10 aromatic rings. The van der Waals surface area contributed by atoms with E-state index in [-0.39, 0.29) is 12.1 Å². The van der Waals surface area contributed by atoms with E-state index in [0.29, 0.717) is 43.8 Å². The molecular formula is C77H80N6O. The molecule has 0 N–H and O–H groups in total. The van der Waals surface area contributed by atoms with Crippen LogP contribution in [-0.2, 0) is 17.9 Å². The van der Waals surface area contributed by atoms with E-state index in [1.807, 2.05) is 0 Å². The fourth-order valence-electron chi connectivity index (χ4n) is 13.4. The van der Waals surface area contributed by atoms with Gasteiger partial charge in [0.25, 0.3) is 0 Å². The molecule has 4 heterocycles. The summed E-state index contributed by atoms with van der Waals surface area (Å²) in [4.78, 5) is 39.1. The molecular weight excluding hydrogens is 1020 g/mol. The second-order valence-corrected chi connectivity index (χ2v) is 24.3. The van der Waals surface area contributed by atoms with Crippen molar-refractivity contribution in [3.05, 3.63) is 275 Å². The fraction of sp³-hybridized carbons (Fsp3) is 0.286. The predicted octanol–water partition coefficient (Wildman–Crippen LogP) is 16.4. The molecule has 8 aromatic carbocycles. The number of rotatable bonds is 20. The van der Waals surface area contributed by atoms with E-state index in [9.17, 15) is 0 Å². The first kappa shape index (κ1) is 56.6. The number of hydrogen-bond acceptors (Lipinski definition) is 7. The third-order valence-corrected chi connectivity index (χ3v) is 18.1. The predicted molar refractivity (Wildman–Crippen MR) is 347 cm³/mol. The van der Waals surface area contributed by atoms with Crippen LogP contribution in [-0.4, -0.2) is 86.7 Å². The number of fused-ring (bicyclic) bond motifs is 2. The maximum atomic E-state index is 17.4. The Balaban J connectivity index is 1.04. The maximum Gasteiger partial charge on any atom is 0.169 e. The summed E-state index contributed by atoms with van der Waals surface area (Å²) in [5.74, 6) is 1.47. The second-order valence-electron chi connectivity index (χ2n) is 24.3. The number of aromatic nitrogens is 2. The summed E-state index contributed by atoms with van der Waals surface area (Å²) >= 11 is 0. The lowest BCUT2D eigenvalue weighted by atomic mass is 9.88. The highest BCUT2D eigenvalue weighted by Gasteiger charge is 2.42. The zero-order valence-electron chi connectivity index (χ0n) is 49.5. The van der Waals surface area contributed by atoms with Gasteiger partial charge in [0, 0.05) is 59.2 Å². The van der Waals surface area contributed by atoms with Crippen LogP contribution in [0.15, 0.2) is 231 Å². The van der Waals surface area contributed by atoms with Gasteiger partial charge in [-0.25, -0.2) is 9.97 Å². The lowest BCUT2D eigenvalue weighted by Crippen LogP contribution is -2.60. The number of ketones is 1. The number of benzene rings is 8. The summed E-state index contributed by atoms with van der Waals surface area (Å²) in [5.41, 5.74) is 15.4. The zero-order chi connectivity index (χ0) is 57.4. The van der Waals surface area contributed by atoms with Gasteiger partial charge in [-0.3, -0.25) is 24.4 Å². The molecule has 0 saturated carbocycles. The number of carbonyl (C=O) groups is 1. The van der Waals surface area contributed by atoms with Gasteiger partial charge in [0.1, 0.15) is 0 Å². The first-order chi connectivity index (χ1) is 41.2. The van der Waals surface area contributed by atoms with Crippen LogP contribution >= 0.6 is 0 Å². The highest BCUT2D eigenvalue weighted by atomic mass is 16.1. The van der Waals surface area contributed by atoms with E-state index < -0.39 is 12.1 Å². The number of nitrogens with zero attached hydrogens (tertiary/aromatic N) is 6. The molecule has 7 nitrogen and oxygen atoms in total. The van der Waals surface area contributed by atoms with Crippen molar-refractivity contribution in [1.29, 1.82) is 0 Å². The smallest absolute Gasteiger partial charge is 0.169 e. The zero-order valence-corrected chi connectivity index (χ0v) is 49.5. The average molecular weight is 1110 g/mol. The van der Waals surface area contributed by atoms with Crippen LogP contribution in [0, 0.1) is 25.7 Å². The van der Waals surface area contributed by atoms with Crippen molar-refractivity contribution < 1.29 is 4.79 Å². The van der Waals surface area contributed by atoms with Gasteiger partial charge >= 0.3 is 0 Å².